The summed E-state index contributed by atoms with van der Waals surface area (Å²) in [6.45, 7) is 0.0774. The van der Waals surface area contributed by atoms with Crippen LogP contribution in [0.3, 0.4) is 0 Å². The Morgan fingerprint density at radius 1 is 1.21 bits per heavy atom. The van der Waals surface area contributed by atoms with Gasteiger partial charge in [0.2, 0.25) is 0 Å². The number of amides is 2. The molecule has 0 aliphatic rings. The maximum Gasteiger partial charge on any atom is 0.303 e. The molecule has 0 atom stereocenters. The highest BCUT2D eigenvalue weighted by Crippen LogP contribution is 2.15. The van der Waals surface area contributed by atoms with Crippen molar-refractivity contribution in [2.75, 3.05) is 6.54 Å². The molecule has 0 spiro atoms. The Morgan fingerprint density at radius 3 is 2.64 bits per heavy atom. The van der Waals surface area contributed by atoms with Crippen LogP contribution in [0.4, 0.5) is 5.69 Å². The summed E-state index contributed by atoms with van der Waals surface area (Å²) in [5, 5.41) is 24.4. The van der Waals surface area contributed by atoms with Gasteiger partial charge in [-0.25, -0.2) is 0 Å². The number of hydrogen-bond acceptors (Lipinski definition) is 6. The number of rotatable bonds is 9. The van der Waals surface area contributed by atoms with E-state index in [9.17, 15) is 24.5 Å². The van der Waals surface area contributed by atoms with Gasteiger partial charge in [0.05, 0.1) is 11.2 Å². The van der Waals surface area contributed by atoms with Crippen molar-refractivity contribution in [3.63, 3.8) is 0 Å². The number of carboxylic acids is 1. The molecule has 0 saturated heterocycles. The Morgan fingerprint density at radius 2 is 2.00 bits per heavy atom. The predicted molar refractivity (Wildman–Crippen MR) is 97.1 cm³/mol. The summed E-state index contributed by atoms with van der Waals surface area (Å²) >= 11 is 0. The molecule has 2 rings (SSSR count). The number of benzene rings is 1. The lowest BCUT2D eigenvalue weighted by atomic mass is 10.1. The highest BCUT2D eigenvalue weighted by Gasteiger charge is 2.17. The monoisotopic (exact) mass is 387 g/mol. The number of aliphatic carboxylic acids is 1. The molecule has 10 heteroatoms. The number of carboxylic acid groups (broad SMARTS) is 1. The van der Waals surface area contributed by atoms with E-state index in [2.05, 4.69) is 10.6 Å². The number of hydrogen-bond donors (Lipinski definition) is 3. The molecule has 1 aromatic carbocycles. The second-order valence-electron chi connectivity index (χ2n) is 5.59. The summed E-state index contributed by atoms with van der Waals surface area (Å²) in [5.41, 5.74) is -0.0193. The van der Waals surface area contributed by atoms with E-state index in [4.69, 9.17) is 9.52 Å². The summed E-state index contributed by atoms with van der Waals surface area (Å²) in [6, 6.07) is 8.43. The van der Waals surface area contributed by atoms with Gasteiger partial charge in [-0.1, -0.05) is 12.1 Å². The van der Waals surface area contributed by atoms with Gasteiger partial charge in [-0.3, -0.25) is 24.5 Å². The van der Waals surface area contributed by atoms with E-state index in [0.717, 1.165) is 0 Å². The zero-order chi connectivity index (χ0) is 20.5. The van der Waals surface area contributed by atoms with Crippen molar-refractivity contribution in [3.05, 3.63) is 69.8 Å². The molecule has 0 unspecified atom stereocenters. The molecule has 2 aromatic rings. The second-order valence-corrected chi connectivity index (χ2v) is 5.59. The lowest BCUT2D eigenvalue weighted by Gasteiger charge is -2.10. The minimum absolute atomic E-state index is 0.0244. The number of nitrogens with one attached hydrogen (secondary N) is 2. The third-order valence-corrected chi connectivity index (χ3v) is 3.48. The smallest absolute Gasteiger partial charge is 0.303 e. The third kappa shape index (κ3) is 6.09. The van der Waals surface area contributed by atoms with Crippen LogP contribution in [-0.2, 0) is 9.59 Å². The number of non-ortho nitro benzene ring substituents is 1. The molecule has 3 N–H and O–H groups in total. The summed E-state index contributed by atoms with van der Waals surface area (Å²) in [4.78, 5) is 45.5. The van der Waals surface area contributed by atoms with E-state index >= 15 is 0 Å². The van der Waals surface area contributed by atoms with Gasteiger partial charge < -0.3 is 20.2 Å². The second kappa shape index (κ2) is 9.67. The Labute approximate surface area is 159 Å². The average molecular weight is 387 g/mol. The highest BCUT2D eigenvalue weighted by molar-refractivity contribution is 6.04. The van der Waals surface area contributed by atoms with Crippen LogP contribution in [0, 0.1) is 10.1 Å². The van der Waals surface area contributed by atoms with E-state index in [0.29, 0.717) is 5.56 Å². The van der Waals surface area contributed by atoms with Crippen LogP contribution in [0.2, 0.25) is 0 Å². The van der Waals surface area contributed by atoms with Crippen LogP contribution in [0.25, 0.3) is 6.08 Å². The molecule has 10 nitrogen and oxygen atoms in total. The molecule has 1 heterocycles. The molecule has 0 radical (unpaired) electrons. The molecule has 0 saturated carbocycles. The van der Waals surface area contributed by atoms with Gasteiger partial charge in [-0.15, -0.1) is 0 Å². The highest BCUT2D eigenvalue weighted by atomic mass is 16.6. The van der Waals surface area contributed by atoms with Crippen molar-refractivity contribution >= 4 is 29.5 Å². The van der Waals surface area contributed by atoms with Crippen molar-refractivity contribution in [3.8, 4) is 0 Å². The maximum absolute atomic E-state index is 12.4. The SMILES string of the molecule is O=C(O)CCCNC(=O)C(=Cc1cccc([N+](=O)[O-])c1)NC(=O)c1ccco1. The lowest BCUT2D eigenvalue weighted by molar-refractivity contribution is -0.384. The normalized spacial score (nSPS) is 10.9. The van der Waals surface area contributed by atoms with Gasteiger partial charge in [0.1, 0.15) is 5.70 Å². The standard InChI is InChI=1S/C18H17N3O7/c22-16(23)7-2-8-19-17(24)14(20-18(25)15-6-3-9-28-15)11-12-4-1-5-13(10-12)21(26)27/h1,3-6,9-11H,2,7-8H2,(H,19,24)(H,20,25)(H,22,23). The van der Waals surface area contributed by atoms with Gasteiger partial charge >= 0.3 is 5.97 Å². The van der Waals surface area contributed by atoms with Crippen molar-refractivity contribution in [2.45, 2.75) is 12.8 Å². The molecule has 1 aromatic heterocycles. The molecule has 0 fully saturated rings. The largest absolute Gasteiger partial charge is 0.481 e. The van der Waals surface area contributed by atoms with Crippen LogP contribution in [-0.4, -0.2) is 34.4 Å². The van der Waals surface area contributed by atoms with E-state index in [1.54, 1.807) is 0 Å². The van der Waals surface area contributed by atoms with Crippen LogP contribution in [0.5, 0.6) is 0 Å². The third-order valence-electron chi connectivity index (χ3n) is 3.48. The first-order chi connectivity index (χ1) is 13.4. The molecular weight excluding hydrogens is 370 g/mol. The first kappa shape index (κ1) is 20.4. The summed E-state index contributed by atoms with van der Waals surface area (Å²) in [5.74, 6) is -2.37. The Hall–Kier alpha value is -3.95. The fourth-order valence-corrected chi connectivity index (χ4v) is 2.18. The van der Waals surface area contributed by atoms with Gasteiger partial charge in [0.15, 0.2) is 5.76 Å². The van der Waals surface area contributed by atoms with Crippen LogP contribution < -0.4 is 10.6 Å². The van der Waals surface area contributed by atoms with E-state index < -0.39 is 22.7 Å². The topological polar surface area (TPSA) is 152 Å². The fraction of sp³-hybridized carbons (Fsp3) is 0.167. The van der Waals surface area contributed by atoms with Gasteiger partial charge in [-0.2, -0.15) is 0 Å². The van der Waals surface area contributed by atoms with Crippen molar-refractivity contribution in [1.82, 2.24) is 10.6 Å². The van der Waals surface area contributed by atoms with E-state index in [1.807, 2.05) is 0 Å². The van der Waals surface area contributed by atoms with Crippen molar-refractivity contribution in [1.29, 1.82) is 0 Å². The number of carbonyl (C=O) groups is 3. The number of nitrogens with zero attached hydrogens (tertiary/aromatic N) is 1. The fourth-order valence-electron chi connectivity index (χ4n) is 2.18. The molecule has 28 heavy (non-hydrogen) atoms. The van der Waals surface area contributed by atoms with E-state index in [-0.39, 0.29) is 36.5 Å². The van der Waals surface area contributed by atoms with Crippen LogP contribution in [0.15, 0.2) is 52.8 Å². The summed E-state index contributed by atoms with van der Waals surface area (Å²) in [7, 11) is 0. The summed E-state index contributed by atoms with van der Waals surface area (Å²) < 4.78 is 4.98. The average Bonchev–Trinajstić information content (AvgIpc) is 3.19. The minimum Gasteiger partial charge on any atom is -0.481 e. The maximum atomic E-state index is 12.4. The molecule has 0 bridgehead atoms. The quantitative estimate of drug-likeness (QED) is 0.257. The molecule has 0 aliphatic heterocycles. The van der Waals surface area contributed by atoms with Crippen LogP contribution in [0.1, 0.15) is 29.0 Å². The zero-order valence-electron chi connectivity index (χ0n) is 14.6. The number of nitro benzene ring substituents is 1. The predicted octanol–water partition coefficient (Wildman–Crippen LogP) is 1.94. The molecular formula is C18H17N3O7. The molecule has 2 amide bonds. The summed E-state index contributed by atoms with van der Waals surface area (Å²) in [6.07, 6.45) is 2.66. The first-order valence-electron chi connectivity index (χ1n) is 8.18. The van der Waals surface area contributed by atoms with Crippen molar-refractivity contribution in [2.24, 2.45) is 0 Å². The number of carbonyl (C=O) groups excluding carboxylic acids is 2. The van der Waals surface area contributed by atoms with Crippen molar-refractivity contribution < 1.29 is 28.8 Å². The lowest BCUT2D eigenvalue weighted by Crippen LogP contribution is -2.35. The number of furan rings is 1. The first-order valence-corrected chi connectivity index (χ1v) is 8.18. The van der Waals surface area contributed by atoms with Crippen LogP contribution >= 0.6 is 0 Å². The minimum atomic E-state index is -0.993. The Bertz CT molecular complexity index is 904. The number of nitro groups is 1. The molecule has 146 valence electrons. The Balaban J connectivity index is 2.20. The Kier molecular flexibility index (Phi) is 7.03. The van der Waals surface area contributed by atoms with E-state index in [1.165, 1.54) is 48.7 Å². The zero-order valence-corrected chi connectivity index (χ0v) is 14.6. The van der Waals surface area contributed by atoms with Gasteiger partial charge in [-0.05, 0) is 30.2 Å². The van der Waals surface area contributed by atoms with Gasteiger partial charge in [0.25, 0.3) is 17.5 Å². The molecule has 0 aliphatic carbocycles. The van der Waals surface area contributed by atoms with Gasteiger partial charge in [0, 0.05) is 25.1 Å².